The molecule has 0 saturated carbocycles. The van der Waals surface area contributed by atoms with Crippen molar-refractivity contribution in [2.24, 2.45) is 0 Å². The van der Waals surface area contributed by atoms with Crippen molar-refractivity contribution >= 4 is 27.5 Å². The van der Waals surface area contributed by atoms with Gasteiger partial charge in [-0.15, -0.1) is 0 Å². The number of carbonyl (C=O) groups is 2. The van der Waals surface area contributed by atoms with Gasteiger partial charge in [-0.1, -0.05) is 30.3 Å². The Balaban J connectivity index is 1.47. The van der Waals surface area contributed by atoms with E-state index in [4.69, 9.17) is 4.74 Å². The summed E-state index contributed by atoms with van der Waals surface area (Å²) in [7, 11) is -3.61. The van der Waals surface area contributed by atoms with E-state index in [1.165, 1.54) is 33.5 Å². The van der Waals surface area contributed by atoms with Crippen LogP contribution in [0.25, 0.3) is 5.76 Å². The maximum absolute atomic E-state index is 13.2. The summed E-state index contributed by atoms with van der Waals surface area (Å²) in [5, 5.41) is 11.3. The van der Waals surface area contributed by atoms with Crippen molar-refractivity contribution in [3.8, 4) is 0 Å². The van der Waals surface area contributed by atoms with Crippen LogP contribution in [0.4, 0.5) is 0 Å². The molecule has 0 aliphatic carbocycles. The highest BCUT2D eigenvalue weighted by Crippen LogP contribution is 2.39. The smallest absolute Gasteiger partial charge is 0.295 e. The number of nitrogens with zero attached hydrogens (tertiary/aromatic N) is 3. The monoisotopic (exact) mass is 525 g/mol. The van der Waals surface area contributed by atoms with E-state index in [0.29, 0.717) is 39.4 Å². The van der Waals surface area contributed by atoms with E-state index in [1.807, 2.05) is 30.3 Å². The first-order valence-corrected chi connectivity index (χ1v) is 14.1. The topological polar surface area (TPSA) is 107 Å². The number of hydrogen-bond donors (Lipinski definition) is 1. The van der Waals surface area contributed by atoms with Crippen molar-refractivity contribution in [1.29, 1.82) is 0 Å². The molecular weight excluding hydrogens is 494 g/mol. The Morgan fingerprint density at radius 3 is 2.19 bits per heavy atom. The van der Waals surface area contributed by atoms with Crippen LogP contribution in [0.3, 0.4) is 0 Å². The summed E-state index contributed by atoms with van der Waals surface area (Å²) in [6.07, 6.45) is 1.67. The van der Waals surface area contributed by atoms with Gasteiger partial charge in [0.25, 0.3) is 11.7 Å². The fourth-order valence-corrected chi connectivity index (χ4v) is 6.70. The van der Waals surface area contributed by atoms with Gasteiger partial charge < -0.3 is 14.7 Å². The van der Waals surface area contributed by atoms with Gasteiger partial charge >= 0.3 is 0 Å². The van der Waals surface area contributed by atoms with E-state index in [0.717, 1.165) is 31.5 Å². The number of hydrogen-bond acceptors (Lipinski definition) is 7. The molecule has 0 bridgehead atoms. The van der Waals surface area contributed by atoms with Crippen molar-refractivity contribution in [3.63, 3.8) is 0 Å². The summed E-state index contributed by atoms with van der Waals surface area (Å²) in [6, 6.07) is 14.3. The summed E-state index contributed by atoms with van der Waals surface area (Å²) in [5.41, 5.74) is 1.01. The third-order valence-electron chi connectivity index (χ3n) is 7.25. The molecule has 3 heterocycles. The van der Waals surface area contributed by atoms with Crippen LogP contribution in [0.5, 0.6) is 0 Å². The first kappa shape index (κ1) is 25.6. The number of ketones is 1. The minimum atomic E-state index is -3.61. The third-order valence-corrected chi connectivity index (χ3v) is 9.16. The lowest BCUT2D eigenvalue weighted by atomic mass is 9.95. The van der Waals surface area contributed by atoms with Crippen molar-refractivity contribution < 1.29 is 27.9 Å². The number of amides is 1. The number of rotatable bonds is 7. The first-order valence-electron chi connectivity index (χ1n) is 12.6. The fraction of sp³-hybridized carbons (Fsp3) is 0.407. The van der Waals surface area contributed by atoms with Crippen molar-refractivity contribution in [3.05, 3.63) is 71.3 Å². The molecule has 9 nitrogen and oxygen atoms in total. The highest BCUT2D eigenvalue weighted by atomic mass is 32.2. The number of sulfonamides is 1. The van der Waals surface area contributed by atoms with E-state index in [9.17, 15) is 23.1 Å². The molecule has 0 aromatic heterocycles. The predicted molar refractivity (Wildman–Crippen MR) is 137 cm³/mol. The molecule has 1 atom stereocenters. The van der Waals surface area contributed by atoms with Gasteiger partial charge in [-0.05, 0) is 42.7 Å². The van der Waals surface area contributed by atoms with E-state index in [2.05, 4.69) is 4.90 Å². The standard InChI is InChI=1S/C27H31N3O6S/c31-25(21-8-10-22(11-9-21)37(34,35)29-12-4-5-13-29)23-24(20-6-2-1-3-7-20)30(27(33)26(23)32)15-14-28-16-18-36-19-17-28/h1-3,6-11,24,31H,4-5,12-19H2. The van der Waals surface area contributed by atoms with Crippen molar-refractivity contribution in [2.45, 2.75) is 23.8 Å². The Morgan fingerprint density at radius 2 is 1.54 bits per heavy atom. The molecule has 1 amide bonds. The zero-order valence-electron chi connectivity index (χ0n) is 20.6. The number of ether oxygens (including phenoxy) is 1. The summed E-state index contributed by atoms with van der Waals surface area (Å²) < 4.78 is 32.6. The SMILES string of the molecule is O=C1C(=O)N(CCN2CCOCC2)C(c2ccccc2)C1=C(O)c1ccc(S(=O)(=O)N2CCCC2)cc1. The predicted octanol–water partition coefficient (Wildman–Crippen LogP) is 2.23. The minimum Gasteiger partial charge on any atom is -0.507 e. The second kappa shape index (κ2) is 10.7. The molecule has 3 aliphatic heterocycles. The lowest BCUT2D eigenvalue weighted by Gasteiger charge is -2.31. The average Bonchev–Trinajstić information content (AvgIpc) is 3.56. The van der Waals surface area contributed by atoms with E-state index < -0.39 is 27.8 Å². The molecule has 5 rings (SSSR count). The average molecular weight is 526 g/mol. The number of benzene rings is 2. The molecule has 2 aromatic carbocycles. The van der Waals surface area contributed by atoms with Gasteiger partial charge in [-0.25, -0.2) is 8.42 Å². The Kier molecular flexibility index (Phi) is 7.43. The normalized spacial score (nSPS) is 23.1. The first-order chi connectivity index (χ1) is 17.9. The van der Waals surface area contributed by atoms with Crippen LogP contribution >= 0.6 is 0 Å². The van der Waals surface area contributed by atoms with Crippen LogP contribution in [-0.4, -0.2) is 91.8 Å². The van der Waals surface area contributed by atoms with Gasteiger partial charge in [0.1, 0.15) is 5.76 Å². The molecular formula is C27H31N3O6S. The van der Waals surface area contributed by atoms with Gasteiger partial charge in [0.2, 0.25) is 10.0 Å². The molecule has 3 saturated heterocycles. The van der Waals surface area contributed by atoms with Crippen molar-refractivity contribution in [1.82, 2.24) is 14.1 Å². The number of aliphatic hydroxyl groups is 1. The summed E-state index contributed by atoms with van der Waals surface area (Å²) >= 11 is 0. The van der Waals surface area contributed by atoms with E-state index in [-0.39, 0.29) is 21.8 Å². The number of morpholine rings is 1. The Labute approximate surface area is 217 Å². The highest BCUT2D eigenvalue weighted by molar-refractivity contribution is 7.89. The lowest BCUT2D eigenvalue weighted by Crippen LogP contribution is -2.42. The van der Waals surface area contributed by atoms with Crippen LogP contribution in [0.15, 0.2) is 65.1 Å². The molecule has 1 unspecified atom stereocenters. The van der Waals surface area contributed by atoms with Gasteiger partial charge in [0, 0.05) is 44.8 Å². The fourth-order valence-electron chi connectivity index (χ4n) is 5.18. The Morgan fingerprint density at radius 1 is 0.892 bits per heavy atom. The van der Waals surface area contributed by atoms with Crippen LogP contribution in [0.1, 0.15) is 30.0 Å². The number of Topliss-reactive ketones (excluding diaryl/α,β-unsaturated/α-hetero) is 1. The van der Waals surface area contributed by atoms with Crippen LogP contribution < -0.4 is 0 Å². The summed E-state index contributed by atoms with van der Waals surface area (Å²) in [6.45, 7) is 4.68. The summed E-state index contributed by atoms with van der Waals surface area (Å²) in [4.78, 5) is 30.2. The Hall–Kier alpha value is -3.05. The van der Waals surface area contributed by atoms with E-state index in [1.54, 1.807) is 0 Å². The van der Waals surface area contributed by atoms with Crippen molar-refractivity contribution in [2.75, 3.05) is 52.5 Å². The van der Waals surface area contributed by atoms with Gasteiger partial charge in [-0.3, -0.25) is 14.5 Å². The van der Waals surface area contributed by atoms with Crippen LogP contribution in [0.2, 0.25) is 0 Å². The maximum atomic E-state index is 13.2. The van der Waals surface area contributed by atoms with Crippen LogP contribution in [0, 0.1) is 0 Å². The van der Waals surface area contributed by atoms with Gasteiger partial charge in [0.05, 0.1) is 29.7 Å². The van der Waals surface area contributed by atoms with E-state index >= 15 is 0 Å². The molecule has 0 radical (unpaired) electrons. The molecule has 3 fully saturated rings. The number of likely N-dealkylation sites (tertiary alicyclic amines) is 1. The molecule has 37 heavy (non-hydrogen) atoms. The summed E-state index contributed by atoms with van der Waals surface area (Å²) in [5.74, 6) is -1.72. The quantitative estimate of drug-likeness (QED) is 0.336. The molecule has 0 spiro atoms. The molecule has 2 aromatic rings. The zero-order chi connectivity index (χ0) is 26.0. The zero-order valence-corrected chi connectivity index (χ0v) is 21.4. The second-order valence-corrected chi connectivity index (χ2v) is 11.4. The molecule has 10 heteroatoms. The molecule has 1 N–H and O–H groups in total. The van der Waals surface area contributed by atoms with Gasteiger partial charge in [-0.2, -0.15) is 4.31 Å². The van der Waals surface area contributed by atoms with Gasteiger partial charge in [0.15, 0.2) is 0 Å². The lowest BCUT2D eigenvalue weighted by molar-refractivity contribution is -0.140. The number of aliphatic hydroxyl groups excluding tert-OH is 1. The highest BCUT2D eigenvalue weighted by Gasteiger charge is 2.46. The molecule has 196 valence electrons. The number of carbonyl (C=O) groups excluding carboxylic acids is 2. The maximum Gasteiger partial charge on any atom is 0.295 e. The second-order valence-electron chi connectivity index (χ2n) is 9.49. The molecule has 3 aliphatic rings. The largest absolute Gasteiger partial charge is 0.507 e. The third kappa shape index (κ3) is 5.06. The minimum absolute atomic E-state index is 0.00771. The van der Waals surface area contributed by atoms with Crippen LogP contribution in [-0.2, 0) is 24.3 Å². The Bertz CT molecular complexity index is 1280.